The smallest absolute Gasteiger partial charge is 0.328 e. The van der Waals surface area contributed by atoms with E-state index in [1.54, 1.807) is 18.2 Å². The molecule has 7 heteroatoms. The van der Waals surface area contributed by atoms with E-state index in [2.05, 4.69) is 10.6 Å². The van der Waals surface area contributed by atoms with Gasteiger partial charge in [-0.25, -0.2) is 9.18 Å². The fourth-order valence-electron chi connectivity index (χ4n) is 2.41. The van der Waals surface area contributed by atoms with Crippen LogP contribution in [-0.2, 0) is 25.5 Å². The van der Waals surface area contributed by atoms with E-state index < -0.39 is 35.7 Å². The summed E-state index contributed by atoms with van der Waals surface area (Å²) < 4.78 is 18.6. The SMILES string of the molecule is CCCC[C@H](NC(=O)[C@@H](Cc1ccccc1F)NC(C)=O)C(=O)OC. The molecule has 25 heavy (non-hydrogen) atoms. The summed E-state index contributed by atoms with van der Waals surface area (Å²) in [6, 6.07) is 4.25. The number of ether oxygens (including phenoxy) is 1. The zero-order valence-corrected chi connectivity index (χ0v) is 14.8. The van der Waals surface area contributed by atoms with Gasteiger partial charge in [0.15, 0.2) is 0 Å². The number of hydrogen-bond donors (Lipinski definition) is 2. The topological polar surface area (TPSA) is 84.5 Å². The van der Waals surface area contributed by atoms with Gasteiger partial charge in [-0.15, -0.1) is 0 Å². The minimum atomic E-state index is -0.983. The zero-order chi connectivity index (χ0) is 18.8. The summed E-state index contributed by atoms with van der Waals surface area (Å²) >= 11 is 0. The number of methoxy groups -OCH3 is 1. The number of unbranched alkanes of at least 4 members (excludes halogenated alkanes) is 1. The Labute approximate surface area is 147 Å². The molecule has 0 radical (unpaired) electrons. The second kappa shape index (κ2) is 10.4. The maximum atomic E-state index is 13.8. The van der Waals surface area contributed by atoms with E-state index in [1.165, 1.54) is 20.1 Å². The number of rotatable bonds is 9. The molecule has 2 amide bonds. The number of nitrogens with one attached hydrogen (secondary N) is 2. The van der Waals surface area contributed by atoms with Crippen molar-refractivity contribution in [3.05, 3.63) is 35.6 Å². The summed E-state index contributed by atoms with van der Waals surface area (Å²) in [6.07, 6.45) is 2.01. The molecule has 0 heterocycles. The van der Waals surface area contributed by atoms with Crippen molar-refractivity contribution >= 4 is 17.8 Å². The molecule has 2 N–H and O–H groups in total. The number of esters is 1. The standard InChI is InChI=1S/C18H25FN2O4/c1-4-5-10-15(18(24)25-3)21-17(23)16(20-12(2)22)11-13-8-6-7-9-14(13)19/h6-9,15-16H,4-5,10-11H2,1-3H3,(H,20,22)(H,21,23)/t15-,16+/m0/s1. The highest BCUT2D eigenvalue weighted by Crippen LogP contribution is 2.10. The first-order valence-electron chi connectivity index (χ1n) is 8.27. The van der Waals surface area contributed by atoms with Crippen molar-refractivity contribution in [2.24, 2.45) is 0 Å². The van der Waals surface area contributed by atoms with Gasteiger partial charge in [0.05, 0.1) is 7.11 Å². The van der Waals surface area contributed by atoms with Crippen molar-refractivity contribution in [3.63, 3.8) is 0 Å². The summed E-state index contributed by atoms with van der Waals surface area (Å²) in [6.45, 7) is 3.24. The van der Waals surface area contributed by atoms with Gasteiger partial charge in [-0.1, -0.05) is 38.0 Å². The van der Waals surface area contributed by atoms with Gasteiger partial charge < -0.3 is 15.4 Å². The molecule has 1 rings (SSSR count). The predicted molar refractivity (Wildman–Crippen MR) is 91.2 cm³/mol. The lowest BCUT2D eigenvalue weighted by molar-refractivity contribution is -0.145. The van der Waals surface area contributed by atoms with Crippen molar-refractivity contribution in [3.8, 4) is 0 Å². The lowest BCUT2D eigenvalue weighted by atomic mass is 10.0. The summed E-state index contributed by atoms with van der Waals surface area (Å²) in [5.41, 5.74) is 0.305. The molecule has 0 fully saturated rings. The van der Waals surface area contributed by atoms with Crippen LogP contribution < -0.4 is 10.6 Å². The largest absolute Gasteiger partial charge is 0.467 e. The number of amides is 2. The van der Waals surface area contributed by atoms with Crippen molar-refractivity contribution in [1.29, 1.82) is 0 Å². The Kier molecular flexibility index (Phi) is 8.60. The van der Waals surface area contributed by atoms with Crippen LogP contribution in [0.3, 0.4) is 0 Å². The summed E-state index contributed by atoms with van der Waals surface area (Å²) in [4.78, 5) is 35.8. The summed E-state index contributed by atoms with van der Waals surface area (Å²) in [5.74, 6) is -1.97. The Balaban J connectivity index is 2.89. The molecule has 0 aromatic heterocycles. The van der Waals surface area contributed by atoms with Crippen molar-refractivity contribution < 1.29 is 23.5 Å². The fourth-order valence-corrected chi connectivity index (χ4v) is 2.41. The number of carbonyl (C=O) groups is 3. The molecule has 2 atom stereocenters. The molecule has 138 valence electrons. The van der Waals surface area contributed by atoms with E-state index in [0.29, 0.717) is 12.0 Å². The molecule has 1 aromatic carbocycles. The highest BCUT2D eigenvalue weighted by molar-refractivity contribution is 5.90. The molecule has 0 spiro atoms. The molecule has 0 aliphatic heterocycles. The van der Waals surface area contributed by atoms with Crippen molar-refractivity contribution in [1.82, 2.24) is 10.6 Å². The molecule has 0 bridgehead atoms. The first kappa shape index (κ1) is 20.6. The Morgan fingerprint density at radius 3 is 2.40 bits per heavy atom. The number of halogens is 1. The van der Waals surface area contributed by atoms with Crippen LogP contribution in [0.25, 0.3) is 0 Å². The minimum Gasteiger partial charge on any atom is -0.467 e. The van der Waals surface area contributed by atoms with Gasteiger partial charge >= 0.3 is 5.97 Å². The second-order valence-corrected chi connectivity index (χ2v) is 5.78. The zero-order valence-electron chi connectivity index (χ0n) is 14.8. The van der Waals surface area contributed by atoms with E-state index >= 15 is 0 Å². The first-order chi connectivity index (χ1) is 11.9. The van der Waals surface area contributed by atoms with Gasteiger partial charge in [0.25, 0.3) is 0 Å². The summed E-state index contributed by atoms with van der Waals surface area (Å²) in [7, 11) is 1.25. The molecule has 6 nitrogen and oxygen atoms in total. The third kappa shape index (κ3) is 6.91. The Morgan fingerprint density at radius 2 is 1.84 bits per heavy atom. The normalized spacial score (nSPS) is 12.8. The first-order valence-corrected chi connectivity index (χ1v) is 8.27. The van der Waals surface area contributed by atoms with Gasteiger partial charge in [-0.3, -0.25) is 9.59 Å². The predicted octanol–water partition coefficient (Wildman–Crippen LogP) is 1.72. The van der Waals surface area contributed by atoms with Crippen LogP contribution in [-0.4, -0.2) is 37.0 Å². The van der Waals surface area contributed by atoms with E-state index in [4.69, 9.17) is 4.74 Å². The summed E-state index contributed by atoms with van der Waals surface area (Å²) in [5, 5.41) is 5.10. The Morgan fingerprint density at radius 1 is 1.16 bits per heavy atom. The third-order valence-electron chi connectivity index (χ3n) is 3.72. The second-order valence-electron chi connectivity index (χ2n) is 5.78. The molecule has 0 unspecified atom stereocenters. The van der Waals surface area contributed by atoms with Gasteiger partial charge in [0.1, 0.15) is 17.9 Å². The van der Waals surface area contributed by atoms with E-state index in [9.17, 15) is 18.8 Å². The molecular formula is C18H25FN2O4. The molecular weight excluding hydrogens is 327 g/mol. The monoisotopic (exact) mass is 352 g/mol. The average molecular weight is 352 g/mol. The fraction of sp³-hybridized carbons (Fsp3) is 0.500. The lowest BCUT2D eigenvalue weighted by Crippen LogP contribution is -2.52. The Bertz CT molecular complexity index is 606. The van der Waals surface area contributed by atoms with Crippen LogP contribution in [0.4, 0.5) is 4.39 Å². The van der Waals surface area contributed by atoms with Gasteiger partial charge in [0, 0.05) is 13.3 Å². The number of carbonyl (C=O) groups excluding carboxylic acids is 3. The molecule has 0 saturated heterocycles. The van der Waals surface area contributed by atoms with Gasteiger partial charge in [0.2, 0.25) is 11.8 Å². The van der Waals surface area contributed by atoms with Gasteiger partial charge in [-0.2, -0.15) is 0 Å². The van der Waals surface area contributed by atoms with Crippen molar-refractivity contribution in [2.75, 3.05) is 7.11 Å². The Hall–Kier alpha value is -2.44. The third-order valence-corrected chi connectivity index (χ3v) is 3.72. The highest BCUT2D eigenvalue weighted by Gasteiger charge is 2.27. The van der Waals surface area contributed by atoms with E-state index in [1.807, 2.05) is 6.92 Å². The van der Waals surface area contributed by atoms with Crippen LogP contribution in [0, 0.1) is 5.82 Å². The molecule has 0 saturated carbocycles. The van der Waals surface area contributed by atoms with Crippen LogP contribution in [0.1, 0.15) is 38.7 Å². The van der Waals surface area contributed by atoms with Crippen LogP contribution >= 0.6 is 0 Å². The minimum absolute atomic E-state index is 0.0141. The maximum Gasteiger partial charge on any atom is 0.328 e. The number of hydrogen-bond acceptors (Lipinski definition) is 4. The molecule has 0 aliphatic carbocycles. The highest BCUT2D eigenvalue weighted by atomic mass is 19.1. The van der Waals surface area contributed by atoms with E-state index in [-0.39, 0.29) is 6.42 Å². The molecule has 1 aromatic rings. The van der Waals surface area contributed by atoms with Crippen LogP contribution in [0.2, 0.25) is 0 Å². The van der Waals surface area contributed by atoms with Crippen LogP contribution in [0.15, 0.2) is 24.3 Å². The molecule has 0 aliphatic rings. The van der Waals surface area contributed by atoms with Crippen molar-refractivity contribution in [2.45, 2.75) is 51.6 Å². The quantitative estimate of drug-likeness (QED) is 0.663. The maximum absolute atomic E-state index is 13.8. The number of benzene rings is 1. The van der Waals surface area contributed by atoms with E-state index in [0.717, 1.165) is 12.8 Å². The lowest BCUT2D eigenvalue weighted by Gasteiger charge is -2.22. The van der Waals surface area contributed by atoms with Gasteiger partial charge in [-0.05, 0) is 18.1 Å². The average Bonchev–Trinajstić information content (AvgIpc) is 2.58. The van der Waals surface area contributed by atoms with Crippen LogP contribution in [0.5, 0.6) is 0 Å².